The Hall–Kier alpha value is -3.64. The maximum atomic E-state index is 12.9. The van der Waals surface area contributed by atoms with Crippen LogP contribution < -0.4 is 13.9 Å². The van der Waals surface area contributed by atoms with E-state index in [-0.39, 0.29) is 5.95 Å². The van der Waals surface area contributed by atoms with Crippen LogP contribution in [0.15, 0.2) is 60.8 Å². The van der Waals surface area contributed by atoms with Crippen LogP contribution in [0.1, 0.15) is 12.0 Å². The molecular formula is C24H26N6O4S2. The molecule has 0 aliphatic carbocycles. The molecule has 0 amide bonds. The van der Waals surface area contributed by atoms with Crippen molar-refractivity contribution >= 4 is 48.6 Å². The first-order chi connectivity index (χ1) is 17.0. The highest BCUT2D eigenvalue weighted by Crippen LogP contribution is 2.34. The minimum Gasteiger partial charge on any atom is -0.385 e. The fraction of sp³-hybridized carbons (Fsp3) is 0.250. The molecule has 4 aromatic rings. The molecule has 188 valence electrons. The molecule has 0 saturated heterocycles. The van der Waals surface area contributed by atoms with Gasteiger partial charge in [-0.2, -0.15) is 0 Å². The van der Waals surface area contributed by atoms with Crippen molar-refractivity contribution in [1.82, 2.24) is 14.6 Å². The second-order valence-corrected chi connectivity index (χ2v) is 12.6. The van der Waals surface area contributed by atoms with E-state index in [1.54, 1.807) is 59.2 Å². The smallest absolute Gasteiger partial charge is 0.262 e. The summed E-state index contributed by atoms with van der Waals surface area (Å²) in [5, 5.41) is 7.92. The van der Waals surface area contributed by atoms with Gasteiger partial charge in [0.1, 0.15) is 0 Å². The summed E-state index contributed by atoms with van der Waals surface area (Å²) in [6, 6.07) is 16.1. The van der Waals surface area contributed by atoms with E-state index >= 15 is 0 Å². The summed E-state index contributed by atoms with van der Waals surface area (Å²) >= 11 is 0. The van der Waals surface area contributed by atoms with Crippen LogP contribution in [0.3, 0.4) is 0 Å². The van der Waals surface area contributed by atoms with E-state index < -0.39 is 20.0 Å². The zero-order chi connectivity index (χ0) is 25.7. The normalized spacial score (nSPS) is 13.8. The maximum absolute atomic E-state index is 12.9. The van der Waals surface area contributed by atoms with Gasteiger partial charge >= 0.3 is 0 Å². The number of aromatic nitrogens is 3. The van der Waals surface area contributed by atoms with Gasteiger partial charge in [-0.3, -0.25) is 4.31 Å². The Bertz CT molecular complexity index is 1680. The zero-order valence-corrected chi connectivity index (χ0v) is 21.7. The largest absolute Gasteiger partial charge is 0.385 e. The Kier molecular flexibility index (Phi) is 5.87. The Labute approximate surface area is 210 Å². The van der Waals surface area contributed by atoms with E-state index in [2.05, 4.69) is 15.4 Å². The van der Waals surface area contributed by atoms with Crippen LogP contribution in [-0.4, -0.2) is 57.5 Å². The van der Waals surface area contributed by atoms with Crippen molar-refractivity contribution in [3.05, 3.63) is 66.4 Å². The first-order valence-electron chi connectivity index (χ1n) is 11.3. The van der Waals surface area contributed by atoms with Gasteiger partial charge in [-0.25, -0.2) is 30.6 Å². The second kappa shape index (κ2) is 8.79. The molecule has 2 aromatic heterocycles. The fourth-order valence-corrected chi connectivity index (χ4v) is 5.76. The minimum atomic E-state index is -3.79. The van der Waals surface area contributed by atoms with Gasteiger partial charge in [-0.15, -0.1) is 5.10 Å². The van der Waals surface area contributed by atoms with E-state index in [9.17, 15) is 16.8 Å². The maximum Gasteiger partial charge on any atom is 0.262 e. The molecule has 0 unspecified atom stereocenters. The van der Waals surface area contributed by atoms with Gasteiger partial charge in [0.15, 0.2) is 0 Å². The Morgan fingerprint density at radius 3 is 2.50 bits per heavy atom. The number of para-hydroxylation sites is 1. The van der Waals surface area contributed by atoms with Gasteiger partial charge in [0, 0.05) is 24.8 Å². The van der Waals surface area contributed by atoms with Crippen LogP contribution in [0.2, 0.25) is 0 Å². The van der Waals surface area contributed by atoms with Crippen LogP contribution in [0.4, 0.5) is 23.0 Å². The van der Waals surface area contributed by atoms with Gasteiger partial charge in [0.05, 0.1) is 41.3 Å². The van der Waals surface area contributed by atoms with E-state index in [0.717, 1.165) is 47.5 Å². The van der Waals surface area contributed by atoms with Gasteiger partial charge < -0.3 is 5.32 Å². The summed E-state index contributed by atoms with van der Waals surface area (Å²) in [7, 11) is -5.81. The molecule has 0 saturated carbocycles. The van der Waals surface area contributed by atoms with E-state index in [0.29, 0.717) is 28.1 Å². The molecule has 0 atom stereocenters. The van der Waals surface area contributed by atoms with Crippen molar-refractivity contribution in [3.8, 4) is 11.3 Å². The summed E-state index contributed by atoms with van der Waals surface area (Å²) < 4.78 is 54.2. The zero-order valence-electron chi connectivity index (χ0n) is 20.1. The minimum absolute atomic E-state index is 0.0211. The molecule has 3 heterocycles. The van der Waals surface area contributed by atoms with Gasteiger partial charge in [0.25, 0.3) is 5.95 Å². The molecule has 36 heavy (non-hydrogen) atoms. The van der Waals surface area contributed by atoms with Crippen molar-refractivity contribution < 1.29 is 16.8 Å². The number of aryl methyl sites for hydroxylation is 1. The number of fused-ring (bicyclic) bond motifs is 2. The summed E-state index contributed by atoms with van der Waals surface area (Å²) in [5.41, 5.74) is 4.78. The molecule has 1 N–H and O–H groups in total. The van der Waals surface area contributed by atoms with Crippen molar-refractivity contribution in [3.63, 3.8) is 0 Å². The van der Waals surface area contributed by atoms with E-state index in [4.69, 9.17) is 0 Å². The van der Waals surface area contributed by atoms with E-state index in [1.807, 2.05) is 6.07 Å². The van der Waals surface area contributed by atoms with Crippen molar-refractivity contribution in [2.45, 2.75) is 12.8 Å². The van der Waals surface area contributed by atoms with Crippen molar-refractivity contribution in [2.24, 2.45) is 0 Å². The van der Waals surface area contributed by atoms with Crippen molar-refractivity contribution in [2.75, 3.05) is 40.0 Å². The number of hydrogen-bond donors (Lipinski definition) is 1. The molecule has 0 fully saturated rings. The van der Waals surface area contributed by atoms with Crippen LogP contribution in [0, 0.1) is 0 Å². The molecule has 2 aromatic carbocycles. The highest BCUT2D eigenvalue weighted by Gasteiger charge is 2.26. The number of nitrogens with zero attached hydrogens (tertiary/aromatic N) is 5. The predicted molar refractivity (Wildman–Crippen MR) is 142 cm³/mol. The second-order valence-electron chi connectivity index (χ2n) is 8.76. The highest BCUT2D eigenvalue weighted by atomic mass is 32.2. The first kappa shape index (κ1) is 24.1. The number of hydrogen-bond acceptors (Lipinski definition) is 7. The average molecular weight is 527 g/mol. The van der Waals surface area contributed by atoms with Crippen LogP contribution >= 0.6 is 0 Å². The van der Waals surface area contributed by atoms with Crippen molar-refractivity contribution in [1.29, 1.82) is 0 Å². The highest BCUT2D eigenvalue weighted by molar-refractivity contribution is 7.92. The first-order valence-corrected chi connectivity index (χ1v) is 15.0. The Balaban J connectivity index is 1.66. The topological polar surface area (TPSA) is 117 Å². The lowest BCUT2D eigenvalue weighted by atomic mass is 10.0. The molecule has 1 aliphatic rings. The van der Waals surface area contributed by atoms with Gasteiger partial charge in [0.2, 0.25) is 20.0 Å². The summed E-state index contributed by atoms with van der Waals surface area (Å²) in [4.78, 5) is 4.35. The third-order valence-corrected chi connectivity index (χ3v) is 8.41. The summed E-state index contributed by atoms with van der Waals surface area (Å²) in [6.45, 7) is 0.825. The quantitative estimate of drug-likeness (QED) is 0.410. The number of sulfonamides is 2. The molecule has 10 nitrogen and oxygen atoms in total. The average Bonchev–Trinajstić information content (AvgIpc) is 3.25. The number of benzene rings is 2. The third-order valence-electron chi connectivity index (χ3n) is 6.18. The van der Waals surface area contributed by atoms with E-state index in [1.165, 1.54) is 11.4 Å². The SMILES string of the molecule is CN(c1ccccc1-c1ccc2cnc(N(c3ccc4c(c3)NCCC4)S(C)(=O)=O)nn12)S(C)(=O)=O. The molecule has 0 bridgehead atoms. The number of anilines is 4. The molecule has 0 radical (unpaired) electrons. The standard InChI is InChI=1S/C24H26N6O4S2/c1-28(35(2,31)32)22-9-5-4-8-20(22)23-13-12-19-16-26-24(27-29(19)23)30(36(3,33)34)18-11-10-17-7-6-14-25-21(17)15-18/h4-5,8-13,15-16,25H,6-7,14H2,1-3H3. The van der Waals surface area contributed by atoms with Crippen LogP contribution in [-0.2, 0) is 26.5 Å². The summed E-state index contributed by atoms with van der Waals surface area (Å²) in [5.74, 6) is -0.0211. The molecule has 5 rings (SSSR count). The van der Waals surface area contributed by atoms with Gasteiger partial charge in [-0.05, 0) is 48.7 Å². The molecule has 1 aliphatic heterocycles. The Morgan fingerprint density at radius 2 is 1.75 bits per heavy atom. The lowest BCUT2D eigenvalue weighted by molar-refractivity contribution is 0.598. The summed E-state index contributed by atoms with van der Waals surface area (Å²) in [6.07, 6.45) is 5.74. The van der Waals surface area contributed by atoms with Gasteiger partial charge in [-0.1, -0.05) is 24.3 Å². The molecule has 12 heteroatoms. The monoisotopic (exact) mass is 526 g/mol. The predicted octanol–water partition coefficient (Wildman–Crippen LogP) is 3.25. The lowest BCUT2D eigenvalue weighted by Crippen LogP contribution is -2.27. The number of rotatable bonds is 6. The molecular weight excluding hydrogens is 500 g/mol. The van der Waals surface area contributed by atoms with Crippen LogP contribution in [0.25, 0.3) is 16.8 Å². The Morgan fingerprint density at radius 1 is 0.972 bits per heavy atom. The van der Waals surface area contributed by atoms with Crippen LogP contribution in [0.5, 0.6) is 0 Å². The number of nitrogens with one attached hydrogen (secondary N) is 1. The fourth-order valence-electron chi connectivity index (χ4n) is 4.36. The molecule has 0 spiro atoms. The third kappa shape index (κ3) is 4.37. The lowest BCUT2D eigenvalue weighted by Gasteiger charge is -2.24.